The van der Waals surface area contributed by atoms with Crippen LogP contribution < -0.4 is 5.43 Å². The Balaban J connectivity index is 1.64. The van der Waals surface area contributed by atoms with Crippen LogP contribution in [0, 0.1) is 0 Å². The standard InChI is InChI=1S/C25H22N2O5S/c1-32-23(29)18-14-12-17(13-15-18)22-27(21(28)16-33-22)26-24(30)25(31,19-8-4-2-5-9-19)20-10-6-3-7-11-20/h2-15,22,31H,16H2,1H3,(H,26,30). The predicted molar refractivity (Wildman–Crippen MR) is 124 cm³/mol. The molecule has 2 N–H and O–H groups in total. The maximum atomic E-state index is 13.5. The van der Waals surface area contributed by atoms with Crippen LogP contribution in [0.15, 0.2) is 84.9 Å². The Morgan fingerprint density at radius 1 is 0.970 bits per heavy atom. The molecule has 1 fully saturated rings. The highest BCUT2D eigenvalue weighted by Crippen LogP contribution is 2.38. The molecule has 1 heterocycles. The number of methoxy groups -OCH3 is 1. The molecule has 1 aliphatic rings. The molecule has 1 atom stereocenters. The van der Waals surface area contributed by atoms with Gasteiger partial charge in [-0.15, -0.1) is 11.8 Å². The monoisotopic (exact) mass is 462 g/mol. The van der Waals surface area contributed by atoms with Gasteiger partial charge in [0, 0.05) is 0 Å². The first-order chi connectivity index (χ1) is 15.9. The van der Waals surface area contributed by atoms with E-state index in [1.54, 1.807) is 84.9 Å². The fraction of sp³-hybridized carbons (Fsp3) is 0.160. The third-order valence-corrected chi connectivity index (χ3v) is 6.63. The number of aliphatic hydroxyl groups is 1. The Bertz CT molecular complexity index is 1110. The lowest BCUT2D eigenvalue weighted by Gasteiger charge is -2.32. The van der Waals surface area contributed by atoms with Crippen LogP contribution in [0.5, 0.6) is 0 Å². The second kappa shape index (κ2) is 9.48. The Kier molecular flexibility index (Phi) is 6.48. The number of hydrogen-bond acceptors (Lipinski definition) is 6. The van der Waals surface area contributed by atoms with Crippen molar-refractivity contribution >= 4 is 29.5 Å². The van der Waals surface area contributed by atoms with Crippen LogP contribution in [0.25, 0.3) is 0 Å². The van der Waals surface area contributed by atoms with Gasteiger partial charge in [-0.05, 0) is 28.8 Å². The molecule has 33 heavy (non-hydrogen) atoms. The van der Waals surface area contributed by atoms with E-state index in [9.17, 15) is 19.5 Å². The van der Waals surface area contributed by atoms with Crippen LogP contribution in [-0.4, -0.2) is 40.8 Å². The lowest BCUT2D eigenvalue weighted by atomic mass is 9.85. The normalized spacial score (nSPS) is 15.9. The number of rotatable bonds is 6. The van der Waals surface area contributed by atoms with Gasteiger partial charge in [-0.1, -0.05) is 72.8 Å². The van der Waals surface area contributed by atoms with E-state index in [1.807, 2.05) is 0 Å². The maximum Gasteiger partial charge on any atom is 0.337 e. The number of carbonyl (C=O) groups is 3. The molecule has 8 heteroatoms. The molecule has 0 aromatic heterocycles. The third-order valence-electron chi connectivity index (χ3n) is 5.42. The van der Waals surface area contributed by atoms with Gasteiger partial charge in [-0.3, -0.25) is 15.0 Å². The summed E-state index contributed by atoms with van der Waals surface area (Å²) in [6.07, 6.45) is 0. The molecule has 0 saturated carbocycles. The molecular weight excluding hydrogens is 440 g/mol. The zero-order valence-electron chi connectivity index (χ0n) is 17.8. The van der Waals surface area contributed by atoms with E-state index in [0.29, 0.717) is 16.7 Å². The quantitative estimate of drug-likeness (QED) is 0.547. The van der Waals surface area contributed by atoms with E-state index in [1.165, 1.54) is 23.9 Å². The highest BCUT2D eigenvalue weighted by atomic mass is 32.2. The second-order valence-electron chi connectivity index (χ2n) is 7.42. The van der Waals surface area contributed by atoms with E-state index in [2.05, 4.69) is 5.43 Å². The second-order valence-corrected chi connectivity index (χ2v) is 8.49. The molecule has 1 saturated heterocycles. The molecule has 0 spiro atoms. The molecule has 0 aliphatic carbocycles. The Labute approximate surface area is 195 Å². The SMILES string of the molecule is COC(=O)c1ccc(C2SCC(=O)N2NC(=O)C(O)(c2ccccc2)c2ccccc2)cc1. The predicted octanol–water partition coefficient (Wildman–Crippen LogP) is 3.01. The van der Waals surface area contributed by atoms with Gasteiger partial charge < -0.3 is 9.84 Å². The van der Waals surface area contributed by atoms with Gasteiger partial charge >= 0.3 is 5.97 Å². The van der Waals surface area contributed by atoms with Crippen molar-refractivity contribution in [2.24, 2.45) is 0 Å². The lowest BCUT2D eigenvalue weighted by molar-refractivity contribution is -0.148. The van der Waals surface area contributed by atoms with Crippen molar-refractivity contribution in [1.82, 2.24) is 10.4 Å². The first-order valence-corrected chi connectivity index (χ1v) is 11.3. The highest BCUT2D eigenvalue weighted by Gasteiger charge is 2.43. The van der Waals surface area contributed by atoms with Crippen LogP contribution in [0.4, 0.5) is 0 Å². The number of thioether (sulfide) groups is 1. The molecule has 4 rings (SSSR count). The number of amides is 2. The summed E-state index contributed by atoms with van der Waals surface area (Å²) in [4.78, 5) is 37.9. The fourth-order valence-electron chi connectivity index (χ4n) is 3.67. The summed E-state index contributed by atoms with van der Waals surface area (Å²) in [6, 6.07) is 23.8. The van der Waals surface area contributed by atoms with Crippen molar-refractivity contribution in [3.63, 3.8) is 0 Å². The molecule has 0 radical (unpaired) electrons. The van der Waals surface area contributed by atoms with E-state index in [4.69, 9.17) is 4.74 Å². The summed E-state index contributed by atoms with van der Waals surface area (Å²) in [7, 11) is 1.31. The van der Waals surface area contributed by atoms with Gasteiger partial charge in [0.1, 0.15) is 5.37 Å². The molecular formula is C25H22N2O5S. The highest BCUT2D eigenvalue weighted by molar-refractivity contribution is 8.00. The van der Waals surface area contributed by atoms with Crippen molar-refractivity contribution in [1.29, 1.82) is 0 Å². The third kappa shape index (κ3) is 4.35. The van der Waals surface area contributed by atoms with Crippen LogP contribution in [-0.2, 0) is 19.9 Å². The van der Waals surface area contributed by atoms with Crippen molar-refractivity contribution < 1.29 is 24.2 Å². The van der Waals surface area contributed by atoms with Gasteiger partial charge in [0.15, 0.2) is 5.60 Å². The number of ether oxygens (including phenoxy) is 1. The van der Waals surface area contributed by atoms with Crippen LogP contribution in [0.3, 0.4) is 0 Å². The van der Waals surface area contributed by atoms with Gasteiger partial charge in [-0.25, -0.2) is 9.80 Å². The van der Waals surface area contributed by atoms with Gasteiger partial charge in [-0.2, -0.15) is 0 Å². The molecule has 1 aliphatic heterocycles. The maximum absolute atomic E-state index is 13.5. The molecule has 2 amide bonds. The summed E-state index contributed by atoms with van der Waals surface area (Å²) in [6.45, 7) is 0. The smallest absolute Gasteiger partial charge is 0.337 e. The lowest BCUT2D eigenvalue weighted by Crippen LogP contribution is -2.53. The van der Waals surface area contributed by atoms with Crippen LogP contribution in [0.2, 0.25) is 0 Å². The van der Waals surface area contributed by atoms with Crippen LogP contribution in [0.1, 0.15) is 32.4 Å². The molecule has 0 bridgehead atoms. The van der Waals surface area contributed by atoms with Crippen molar-refractivity contribution in [3.05, 3.63) is 107 Å². The summed E-state index contributed by atoms with van der Waals surface area (Å²) in [5.74, 6) is -1.33. The minimum Gasteiger partial charge on any atom is -0.465 e. The van der Waals surface area contributed by atoms with Gasteiger partial charge in [0.2, 0.25) is 0 Å². The summed E-state index contributed by atoms with van der Waals surface area (Å²) >= 11 is 1.34. The number of carbonyl (C=O) groups excluding carboxylic acids is 3. The number of hydrazine groups is 1. The average Bonchev–Trinajstić information content (AvgIpc) is 3.23. The zero-order valence-corrected chi connectivity index (χ0v) is 18.6. The van der Waals surface area contributed by atoms with Crippen molar-refractivity contribution in [2.45, 2.75) is 11.0 Å². The number of benzene rings is 3. The Hall–Kier alpha value is -3.62. The number of esters is 1. The first kappa shape index (κ1) is 22.6. The van der Waals surface area contributed by atoms with E-state index in [0.717, 1.165) is 5.56 Å². The van der Waals surface area contributed by atoms with Crippen LogP contribution >= 0.6 is 11.8 Å². The minimum absolute atomic E-state index is 0.165. The molecule has 7 nitrogen and oxygen atoms in total. The van der Waals surface area contributed by atoms with E-state index < -0.39 is 22.9 Å². The summed E-state index contributed by atoms with van der Waals surface area (Å²) in [5.41, 5.74) is 2.51. The summed E-state index contributed by atoms with van der Waals surface area (Å²) < 4.78 is 4.72. The zero-order chi connectivity index (χ0) is 23.4. The summed E-state index contributed by atoms with van der Waals surface area (Å²) in [5, 5.41) is 12.4. The van der Waals surface area contributed by atoms with Crippen molar-refractivity contribution in [2.75, 3.05) is 12.9 Å². The van der Waals surface area contributed by atoms with Gasteiger partial charge in [0.05, 0.1) is 18.4 Å². The molecule has 3 aromatic carbocycles. The van der Waals surface area contributed by atoms with E-state index >= 15 is 0 Å². The average molecular weight is 463 g/mol. The molecule has 168 valence electrons. The number of nitrogens with one attached hydrogen (secondary N) is 1. The molecule has 1 unspecified atom stereocenters. The largest absolute Gasteiger partial charge is 0.465 e. The first-order valence-electron chi connectivity index (χ1n) is 10.2. The van der Waals surface area contributed by atoms with Gasteiger partial charge in [0.25, 0.3) is 11.8 Å². The van der Waals surface area contributed by atoms with Crippen molar-refractivity contribution in [3.8, 4) is 0 Å². The van der Waals surface area contributed by atoms with E-state index in [-0.39, 0.29) is 11.7 Å². The number of nitrogens with zero attached hydrogens (tertiary/aromatic N) is 1. The Morgan fingerprint density at radius 3 is 2.03 bits per heavy atom. The minimum atomic E-state index is -2.00. The fourth-order valence-corrected chi connectivity index (χ4v) is 4.78. The molecule has 3 aromatic rings. The number of hydrogen-bond donors (Lipinski definition) is 2. The topological polar surface area (TPSA) is 95.9 Å². The Morgan fingerprint density at radius 2 is 1.52 bits per heavy atom.